The number of nitrogens with one attached hydrogen (secondary N) is 3. The third kappa shape index (κ3) is 8.98. The third-order valence-corrected chi connectivity index (χ3v) is 5.05. The highest BCUT2D eigenvalue weighted by molar-refractivity contribution is 6.39. The van der Waals surface area contributed by atoms with Crippen LogP contribution in [0.25, 0.3) is 0 Å². The summed E-state index contributed by atoms with van der Waals surface area (Å²) in [4.78, 5) is 36.3. The maximum atomic E-state index is 12.1. The summed E-state index contributed by atoms with van der Waals surface area (Å²) in [6.07, 6.45) is 2.24. The smallest absolute Gasteiger partial charge is 0.329 e. The molecule has 3 rings (SSSR count). The number of rotatable bonds is 12. The third-order valence-electron chi connectivity index (χ3n) is 5.05. The second-order valence-electron chi connectivity index (χ2n) is 7.99. The van der Waals surface area contributed by atoms with Crippen molar-refractivity contribution in [2.75, 3.05) is 25.6 Å². The molecule has 0 aliphatic heterocycles. The molecule has 0 bridgehead atoms. The number of carbonyl (C=O) groups is 3. The van der Waals surface area contributed by atoms with Gasteiger partial charge in [0.25, 0.3) is 5.91 Å². The molecule has 0 spiro atoms. The van der Waals surface area contributed by atoms with Crippen molar-refractivity contribution in [3.63, 3.8) is 0 Å². The van der Waals surface area contributed by atoms with E-state index >= 15 is 0 Å². The molecule has 3 N–H and O–H groups in total. The second kappa shape index (κ2) is 14.6. The molecule has 0 fully saturated rings. The van der Waals surface area contributed by atoms with Crippen LogP contribution in [-0.2, 0) is 20.9 Å². The number of benzene rings is 3. The minimum atomic E-state index is -0.930. The number of hydrogen-bond acceptors (Lipinski definition) is 7. The highest BCUT2D eigenvalue weighted by Crippen LogP contribution is 2.27. The van der Waals surface area contributed by atoms with Gasteiger partial charge >= 0.3 is 11.8 Å². The first-order valence-corrected chi connectivity index (χ1v) is 12.0. The van der Waals surface area contributed by atoms with Crippen molar-refractivity contribution in [3.05, 3.63) is 83.9 Å². The molecule has 0 unspecified atom stereocenters. The van der Waals surface area contributed by atoms with E-state index in [1.807, 2.05) is 37.3 Å². The number of amides is 3. The fraction of sp³-hybridized carbons (Fsp3) is 0.214. The van der Waals surface area contributed by atoms with Crippen LogP contribution >= 0.6 is 0 Å². The lowest BCUT2D eigenvalue weighted by molar-refractivity contribution is -0.136. The molecule has 38 heavy (non-hydrogen) atoms. The van der Waals surface area contributed by atoms with Crippen LogP contribution in [0.1, 0.15) is 24.5 Å². The number of nitrogens with zero attached hydrogens (tertiary/aromatic N) is 1. The summed E-state index contributed by atoms with van der Waals surface area (Å²) in [7, 11) is 1.47. The van der Waals surface area contributed by atoms with Gasteiger partial charge < -0.3 is 24.8 Å². The normalized spacial score (nSPS) is 10.5. The lowest BCUT2D eigenvalue weighted by Crippen LogP contribution is -2.32. The molecule has 0 atom stereocenters. The minimum absolute atomic E-state index is 0.184. The molecule has 0 aliphatic carbocycles. The first-order valence-electron chi connectivity index (χ1n) is 12.0. The second-order valence-corrected chi connectivity index (χ2v) is 7.99. The van der Waals surface area contributed by atoms with Crippen molar-refractivity contribution in [3.8, 4) is 17.2 Å². The van der Waals surface area contributed by atoms with Crippen LogP contribution in [-0.4, -0.2) is 44.3 Å². The molecule has 10 heteroatoms. The van der Waals surface area contributed by atoms with E-state index in [2.05, 4.69) is 21.2 Å². The van der Waals surface area contributed by atoms with Crippen molar-refractivity contribution >= 4 is 29.6 Å². The van der Waals surface area contributed by atoms with E-state index in [-0.39, 0.29) is 12.5 Å². The number of anilines is 1. The predicted molar refractivity (Wildman–Crippen MR) is 143 cm³/mol. The Hall–Kier alpha value is -4.86. The Bertz CT molecular complexity index is 1250. The van der Waals surface area contributed by atoms with Crippen LogP contribution in [0, 0.1) is 0 Å². The van der Waals surface area contributed by atoms with Crippen LogP contribution in [0.15, 0.2) is 77.9 Å². The van der Waals surface area contributed by atoms with E-state index in [4.69, 9.17) is 14.2 Å². The molecule has 3 aromatic rings. The SMILES string of the molecule is CCCOc1ccc(NC(=O)C(=O)N/N=C\c2ccc(OCC(=O)NCc3ccccc3)c(OC)c2)cc1. The fourth-order valence-electron chi connectivity index (χ4n) is 3.13. The first-order chi connectivity index (χ1) is 18.5. The number of carbonyl (C=O) groups excluding carboxylic acids is 3. The van der Waals surface area contributed by atoms with Gasteiger partial charge in [0.2, 0.25) is 0 Å². The molecule has 10 nitrogen and oxygen atoms in total. The first kappa shape index (κ1) is 27.7. The highest BCUT2D eigenvalue weighted by Gasteiger charge is 2.13. The summed E-state index contributed by atoms with van der Waals surface area (Å²) in [6, 6.07) is 21.1. The van der Waals surface area contributed by atoms with E-state index in [0.29, 0.717) is 41.7 Å². The van der Waals surface area contributed by atoms with Crippen molar-refractivity contribution in [1.82, 2.24) is 10.7 Å². The molecule has 198 valence electrons. The summed E-state index contributed by atoms with van der Waals surface area (Å²) in [5, 5.41) is 9.10. The molecule has 0 aromatic heterocycles. The van der Waals surface area contributed by atoms with Crippen LogP contribution in [0.3, 0.4) is 0 Å². The van der Waals surface area contributed by atoms with Crippen molar-refractivity contribution in [2.45, 2.75) is 19.9 Å². The van der Waals surface area contributed by atoms with E-state index in [0.717, 1.165) is 12.0 Å². The summed E-state index contributed by atoms with van der Waals surface area (Å²) >= 11 is 0. The van der Waals surface area contributed by atoms with Gasteiger partial charge in [-0.3, -0.25) is 14.4 Å². The maximum Gasteiger partial charge on any atom is 0.329 e. The number of ether oxygens (including phenoxy) is 3. The highest BCUT2D eigenvalue weighted by atomic mass is 16.5. The van der Waals surface area contributed by atoms with Gasteiger partial charge in [0, 0.05) is 12.2 Å². The fourth-order valence-corrected chi connectivity index (χ4v) is 3.13. The molecular weight excluding hydrogens is 488 g/mol. The summed E-state index contributed by atoms with van der Waals surface area (Å²) < 4.78 is 16.4. The summed E-state index contributed by atoms with van der Waals surface area (Å²) in [5.41, 5.74) is 4.19. The van der Waals surface area contributed by atoms with Crippen molar-refractivity contribution in [2.24, 2.45) is 5.10 Å². The van der Waals surface area contributed by atoms with Crippen molar-refractivity contribution < 1.29 is 28.6 Å². The van der Waals surface area contributed by atoms with Crippen LogP contribution in [0.5, 0.6) is 17.2 Å². The van der Waals surface area contributed by atoms with E-state index < -0.39 is 11.8 Å². The van der Waals surface area contributed by atoms with E-state index in [1.54, 1.807) is 42.5 Å². The van der Waals surface area contributed by atoms with Crippen LogP contribution in [0.2, 0.25) is 0 Å². The zero-order valence-electron chi connectivity index (χ0n) is 21.2. The zero-order chi connectivity index (χ0) is 27.2. The van der Waals surface area contributed by atoms with E-state index in [9.17, 15) is 14.4 Å². The van der Waals surface area contributed by atoms with Gasteiger partial charge in [0.05, 0.1) is 19.9 Å². The molecule has 0 saturated carbocycles. The largest absolute Gasteiger partial charge is 0.494 e. The van der Waals surface area contributed by atoms with E-state index in [1.165, 1.54) is 13.3 Å². The zero-order valence-corrected chi connectivity index (χ0v) is 21.2. The average Bonchev–Trinajstić information content (AvgIpc) is 2.95. The quantitative estimate of drug-likeness (QED) is 0.192. The monoisotopic (exact) mass is 518 g/mol. The Morgan fingerprint density at radius 2 is 1.66 bits per heavy atom. The number of hydrogen-bond donors (Lipinski definition) is 3. The van der Waals surface area contributed by atoms with Gasteiger partial charge in [-0.05, 0) is 60.0 Å². The minimum Gasteiger partial charge on any atom is -0.494 e. The van der Waals surface area contributed by atoms with Gasteiger partial charge in [-0.1, -0.05) is 37.3 Å². The predicted octanol–water partition coefficient (Wildman–Crippen LogP) is 3.27. The van der Waals surface area contributed by atoms with Gasteiger partial charge in [0.1, 0.15) is 5.75 Å². The van der Waals surface area contributed by atoms with Crippen LogP contribution < -0.4 is 30.3 Å². The Morgan fingerprint density at radius 3 is 2.37 bits per heavy atom. The van der Waals surface area contributed by atoms with Gasteiger partial charge in [0.15, 0.2) is 18.1 Å². The van der Waals surface area contributed by atoms with Gasteiger partial charge in [-0.25, -0.2) is 5.43 Å². The molecule has 0 heterocycles. The topological polar surface area (TPSA) is 127 Å². The Kier molecular flexibility index (Phi) is 10.7. The standard InChI is InChI=1S/C28H30N4O6/c1-3-15-37-23-12-10-22(11-13-23)31-27(34)28(35)32-30-18-21-9-14-24(25(16-21)36-2)38-19-26(33)29-17-20-7-5-4-6-8-20/h4-14,16,18H,3,15,17,19H2,1-2H3,(H,29,33)(H,31,34)(H,32,35)/b30-18-. The van der Waals surface area contributed by atoms with Gasteiger partial charge in [-0.2, -0.15) is 5.10 Å². The molecule has 3 amide bonds. The van der Waals surface area contributed by atoms with Crippen LogP contribution in [0.4, 0.5) is 5.69 Å². The lowest BCUT2D eigenvalue weighted by Gasteiger charge is -2.11. The average molecular weight is 519 g/mol. The number of methoxy groups -OCH3 is 1. The molecule has 0 aliphatic rings. The lowest BCUT2D eigenvalue weighted by atomic mass is 10.2. The van der Waals surface area contributed by atoms with Crippen molar-refractivity contribution in [1.29, 1.82) is 0 Å². The molecule has 3 aromatic carbocycles. The summed E-state index contributed by atoms with van der Waals surface area (Å²) in [6.45, 7) is 2.82. The number of hydrazone groups is 1. The molecule has 0 radical (unpaired) electrons. The Morgan fingerprint density at radius 1 is 0.895 bits per heavy atom. The molecular formula is C28H30N4O6. The Balaban J connectivity index is 1.46. The summed E-state index contributed by atoms with van der Waals surface area (Å²) in [5.74, 6) is -0.646. The maximum absolute atomic E-state index is 12.1. The van der Waals surface area contributed by atoms with Gasteiger partial charge in [-0.15, -0.1) is 0 Å². The molecule has 0 saturated heterocycles. The Labute approximate surface area is 221 Å².